The Labute approximate surface area is 118 Å². The number of carbonyl (C=O) groups excluding carboxylic acids is 2. The molecule has 0 spiro atoms. The van der Waals surface area contributed by atoms with Gasteiger partial charge in [-0.15, -0.1) is 0 Å². The number of nitrogens with two attached hydrogens (primary N) is 1. The third-order valence-electron chi connectivity index (χ3n) is 3.56. The standard InChI is InChI=1S/C14H20N4O2/c1-10-14(20)16-6-7-18(10)9-12-4-2-11(3-5-12)8-13(19)17-15/h2-5,10H,6-9,15H2,1H3,(H,16,20)(H,17,19). The van der Waals surface area contributed by atoms with Gasteiger partial charge in [-0.1, -0.05) is 24.3 Å². The average molecular weight is 276 g/mol. The zero-order chi connectivity index (χ0) is 14.5. The van der Waals surface area contributed by atoms with Crippen molar-refractivity contribution in [2.24, 2.45) is 5.84 Å². The summed E-state index contributed by atoms with van der Waals surface area (Å²) >= 11 is 0. The van der Waals surface area contributed by atoms with Crippen molar-refractivity contribution in [1.82, 2.24) is 15.6 Å². The molecule has 4 N–H and O–H groups in total. The lowest BCUT2D eigenvalue weighted by atomic mass is 10.1. The van der Waals surface area contributed by atoms with E-state index in [1.807, 2.05) is 31.2 Å². The van der Waals surface area contributed by atoms with Crippen molar-refractivity contribution >= 4 is 11.8 Å². The van der Waals surface area contributed by atoms with Gasteiger partial charge >= 0.3 is 0 Å². The second-order valence-corrected chi connectivity index (χ2v) is 5.00. The molecule has 1 atom stereocenters. The summed E-state index contributed by atoms with van der Waals surface area (Å²) in [4.78, 5) is 24.9. The molecule has 20 heavy (non-hydrogen) atoms. The predicted molar refractivity (Wildman–Crippen MR) is 75.4 cm³/mol. The number of piperazine rings is 1. The maximum atomic E-state index is 11.6. The summed E-state index contributed by atoms with van der Waals surface area (Å²) in [6, 6.07) is 7.70. The third-order valence-corrected chi connectivity index (χ3v) is 3.56. The Morgan fingerprint density at radius 1 is 1.40 bits per heavy atom. The lowest BCUT2D eigenvalue weighted by Crippen LogP contribution is -2.53. The zero-order valence-corrected chi connectivity index (χ0v) is 11.6. The van der Waals surface area contributed by atoms with Crippen LogP contribution in [0, 0.1) is 0 Å². The normalized spacial score (nSPS) is 19.5. The third kappa shape index (κ3) is 3.55. The van der Waals surface area contributed by atoms with Gasteiger partial charge in [0, 0.05) is 19.6 Å². The fourth-order valence-electron chi connectivity index (χ4n) is 2.28. The fraction of sp³-hybridized carbons (Fsp3) is 0.429. The number of amides is 2. The summed E-state index contributed by atoms with van der Waals surface area (Å²) in [7, 11) is 0. The molecule has 6 nitrogen and oxygen atoms in total. The number of benzene rings is 1. The van der Waals surface area contributed by atoms with Gasteiger partial charge in [-0.2, -0.15) is 0 Å². The van der Waals surface area contributed by atoms with Crippen LogP contribution in [-0.4, -0.2) is 35.8 Å². The van der Waals surface area contributed by atoms with E-state index in [-0.39, 0.29) is 24.3 Å². The van der Waals surface area contributed by atoms with E-state index >= 15 is 0 Å². The Morgan fingerprint density at radius 3 is 2.70 bits per heavy atom. The van der Waals surface area contributed by atoms with Crippen molar-refractivity contribution in [3.8, 4) is 0 Å². The number of nitrogens with one attached hydrogen (secondary N) is 2. The molecule has 108 valence electrons. The molecule has 6 heteroatoms. The molecule has 1 aliphatic heterocycles. The lowest BCUT2D eigenvalue weighted by molar-refractivity contribution is -0.128. The average Bonchev–Trinajstić information content (AvgIpc) is 2.46. The van der Waals surface area contributed by atoms with E-state index in [0.29, 0.717) is 6.54 Å². The first kappa shape index (κ1) is 14.5. The summed E-state index contributed by atoms with van der Waals surface area (Å²) in [5, 5.41) is 2.85. The minimum atomic E-state index is -0.209. The molecule has 0 aromatic heterocycles. The highest BCUT2D eigenvalue weighted by Gasteiger charge is 2.24. The highest BCUT2D eigenvalue weighted by Crippen LogP contribution is 2.12. The summed E-state index contributed by atoms with van der Waals surface area (Å²) < 4.78 is 0. The highest BCUT2D eigenvalue weighted by molar-refractivity contribution is 5.82. The van der Waals surface area contributed by atoms with Gasteiger partial charge in [0.2, 0.25) is 11.8 Å². The van der Waals surface area contributed by atoms with E-state index in [2.05, 4.69) is 15.6 Å². The minimum absolute atomic E-state index is 0.0764. The predicted octanol–water partition coefficient (Wildman–Crippen LogP) is -0.461. The Bertz CT molecular complexity index is 486. The van der Waals surface area contributed by atoms with Gasteiger partial charge in [0.15, 0.2) is 0 Å². The maximum absolute atomic E-state index is 11.6. The number of hydrogen-bond acceptors (Lipinski definition) is 4. The fourth-order valence-corrected chi connectivity index (χ4v) is 2.28. The van der Waals surface area contributed by atoms with Crippen LogP contribution >= 0.6 is 0 Å². The van der Waals surface area contributed by atoms with Crippen LogP contribution in [0.1, 0.15) is 18.1 Å². The Hall–Kier alpha value is -1.92. The van der Waals surface area contributed by atoms with Crippen LogP contribution in [0.25, 0.3) is 0 Å². The number of hydrogen-bond donors (Lipinski definition) is 3. The first-order valence-corrected chi connectivity index (χ1v) is 6.69. The monoisotopic (exact) mass is 276 g/mol. The molecule has 1 fully saturated rings. The first-order valence-electron chi connectivity index (χ1n) is 6.69. The van der Waals surface area contributed by atoms with Crippen molar-refractivity contribution < 1.29 is 9.59 Å². The van der Waals surface area contributed by atoms with Crippen LogP contribution in [0.3, 0.4) is 0 Å². The molecule has 0 bridgehead atoms. The molecule has 1 unspecified atom stereocenters. The van der Waals surface area contributed by atoms with Crippen LogP contribution < -0.4 is 16.6 Å². The van der Waals surface area contributed by atoms with E-state index in [0.717, 1.165) is 24.2 Å². The summed E-state index contributed by atoms with van der Waals surface area (Å²) in [5.41, 5.74) is 4.16. The second-order valence-electron chi connectivity index (χ2n) is 5.00. The van der Waals surface area contributed by atoms with Crippen LogP contribution in [0.4, 0.5) is 0 Å². The van der Waals surface area contributed by atoms with E-state index in [9.17, 15) is 9.59 Å². The smallest absolute Gasteiger partial charge is 0.238 e. The van der Waals surface area contributed by atoms with Gasteiger partial charge in [-0.25, -0.2) is 5.84 Å². The first-order chi connectivity index (χ1) is 9.60. The van der Waals surface area contributed by atoms with Crippen LogP contribution in [-0.2, 0) is 22.6 Å². The number of hydrazine groups is 1. The number of carbonyl (C=O) groups is 2. The van der Waals surface area contributed by atoms with Crippen LogP contribution in [0.5, 0.6) is 0 Å². The van der Waals surface area contributed by atoms with E-state index in [1.165, 1.54) is 0 Å². The molecule has 0 radical (unpaired) electrons. The molecule has 1 aromatic rings. The van der Waals surface area contributed by atoms with E-state index in [1.54, 1.807) is 0 Å². The van der Waals surface area contributed by atoms with Crippen LogP contribution in [0.15, 0.2) is 24.3 Å². The molecular weight excluding hydrogens is 256 g/mol. The molecule has 0 saturated carbocycles. The second kappa shape index (κ2) is 6.49. The van der Waals surface area contributed by atoms with Crippen molar-refractivity contribution in [3.63, 3.8) is 0 Å². The summed E-state index contributed by atoms with van der Waals surface area (Å²) in [5.74, 6) is 4.92. The zero-order valence-electron chi connectivity index (χ0n) is 11.6. The molecule has 2 amide bonds. The van der Waals surface area contributed by atoms with E-state index in [4.69, 9.17) is 5.84 Å². The Morgan fingerprint density at radius 2 is 2.05 bits per heavy atom. The molecule has 2 rings (SSSR count). The van der Waals surface area contributed by atoms with Gasteiger partial charge in [-0.05, 0) is 18.1 Å². The largest absolute Gasteiger partial charge is 0.353 e. The lowest BCUT2D eigenvalue weighted by Gasteiger charge is -2.32. The van der Waals surface area contributed by atoms with Crippen LogP contribution in [0.2, 0.25) is 0 Å². The van der Waals surface area contributed by atoms with Crippen molar-refractivity contribution in [1.29, 1.82) is 0 Å². The van der Waals surface area contributed by atoms with Crippen molar-refractivity contribution in [3.05, 3.63) is 35.4 Å². The SMILES string of the molecule is CC1C(=O)NCCN1Cc1ccc(CC(=O)NN)cc1. The Kier molecular flexibility index (Phi) is 4.70. The molecule has 1 heterocycles. The molecule has 1 saturated heterocycles. The maximum Gasteiger partial charge on any atom is 0.238 e. The molecule has 0 aliphatic carbocycles. The van der Waals surface area contributed by atoms with Crippen molar-refractivity contribution in [2.75, 3.05) is 13.1 Å². The highest BCUT2D eigenvalue weighted by atomic mass is 16.2. The van der Waals surface area contributed by atoms with Gasteiger partial charge < -0.3 is 5.32 Å². The van der Waals surface area contributed by atoms with E-state index < -0.39 is 0 Å². The van der Waals surface area contributed by atoms with Gasteiger partial charge in [0.25, 0.3) is 0 Å². The number of nitrogens with zero attached hydrogens (tertiary/aromatic N) is 1. The van der Waals surface area contributed by atoms with Crippen molar-refractivity contribution in [2.45, 2.75) is 25.9 Å². The topological polar surface area (TPSA) is 87.5 Å². The Balaban J connectivity index is 1.96. The number of rotatable bonds is 4. The summed E-state index contributed by atoms with van der Waals surface area (Å²) in [6.07, 6.45) is 0.277. The quantitative estimate of drug-likeness (QED) is 0.394. The minimum Gasteiger partial charge on any atom is -0.353 e. The molecule has 1 aromatic carbocycles. The summed E-state index contributed by atoms with van der Waals surface area (Å²) in [6.45, 7) is 4.19. The molecule has 1 aliphatic rings. The molecular formula is C14H20N4O2. The van der Waals surface area contributed by atoms with Gasteiger partial charge in [-0.3, -0.25) is 19.9 Å². The van der Waals surface area contributed by atoms with Gasteiger partial charge in [0.05, 0.1) is 12.5 Å². The van der Waals surface area contributed by atoms with Gasteiger partial charge in [0.1, 0.15) is 0 Å².